The number of rotatable bonds is 1. The zero-order valence-electron chi connectivity index (χ0n) is 13.2. The lowest BCUT2D eigenvalue weighted by atomic mass is 10.1. The Labute approximate surface area is 147 Å². The minimum atomic E-state index is -0.367. The predicted octanol–water partition coefficient (Wildman–Crippen LogP) is 4.00. The molecule has 1 N–H and O–H groups in total. The first-order chi connectivity index (χ1) is 12.3. The third kappa shape index (κ3) is 1.98. The number of alkyl halides is 1. The van der Waals surface area contributed by atoms with E-state index in [1.54, 1.807) is 4.36 Å². The molecule has 0 atom stereocenters. The van der Waals surface area contributed by atoms with E-state index >= 15 is 0 Å². The largest absolute Gasteiger partial charge is 0.344 e. The van der Waals surface area contributed by atoms with Crippen LogP contribution in [0.25, 0.3) is 32.6 Å². The second kappa shape index (κ2) is 5.26. The Hall–Kier alpha value is -2.98. The van der Waals surface area contributed by atoms with Crippen molar-refractivity contribution in [2.75, 3.05) is 5.88 Å². The average molecular weight is 347 g/mol. The second-order valence-corrected chi connectivity index (χ2v) is 6.28. The Morgan fingerprint density at radius 3 is 2.56 bits per heavy atom. The maximum absolute atomic E-state index is 12.0. The molecule has 0 fully saturated rings. The molecule has 3 aromatic rings. The van der Waals surface area contributed by atoms with Gasteiger partial charge in [0.05, 0.1) is 5.39 Å². The zero-order chi connectivity index (χ0) is 17.0. The van der Waals surface area contributed by atoms with Crippen LogP contribution >= 0.6 is 11.6 Å². The van der Waals surface area contributed by atoms with Gasteiger partial charge in [0.15, 0.2) is 0 Å². The van der Waals surface area contributed by atoms with Crippen LogP contribution < -0.4 is 4.36 Å². The highest BCUT2D eigenvalue weighted by molar-refractivity contribution is 6.27. The number of fused-ring (bicyclic) bond motifs is 3. The van der Waals surface area contributed by atoms with Crippen LogP contribution in [0.4, 0.5) is 0 Å². The first-order valence-corrected chi connectivity index (χ1v) is 8.55. The van der Waals surface area contributed by atoms with Crippen molar-refractivity contribution in [1.29, 1.82) is 0 Å². The van der Waals surface area contributed by atoms with Crippen LogP contribution in [0.3, 0.4) is 0 Å². The van der Waals surface area contributed by atoms with E-state index in [2.05, 4.69) is 34.4 Å². The summed E-state index contributed by atoms with van der Waals surface area (Å²) in [6.07, 6.45) is 0. The molecule has 3 aromatic carbocycles. The molecule has 0 bridgehead atoms. The van der Waals surface area contributed by atoms with Crippen molar-refractivity contribution < 1.29 is 9.16 Å². The minimum absolute atomic E-state index is 0.147. The summed E-state index contributed by atoms with van der Waals surface area (Å²) in [4.78, 5) is 15.5. The van der Waals surface area contributed by atoms with Gasteiger partial charge in [-0.25, -0.2) is 0 Å². The van der Waals surface area contributed by atoms with E-state index in [0.717, 1.165) is 32.5 Å². The SMILES string of the molecule is O=C(CCl)N=[n+]1c2c3cccc4cccc(c=2[nH]c2ccccc21)c43. The highest BCUT2D eigenvalue weighted by Gasteiger charge is 2.19. The summed E-state index contributed by atoms with van der Waals surface area (Å²) in [6.45, 7) is 0. The lowest BCUT2D eigenvalue weighted by Gasteiger charge is -1.95. The number of para-hydroxylation sites is 2. The van der Waals surface area contributed by atoms with Crippen LogP contribution in [-0.2, 0) is 4.79 Å². The van der Waals surface area contributed by atoms with E-state index in [9.17, 15) is 4.79 Å². The molecule has 5 heteroatoms. The third-order valence-corrected chi connectivity index (χ3v) is 4.82. The number of aromatic amines is 1. The van der Waals surface area contributed by atoms with Gasteiger partial charge in [-0.3, -0.25) is 4.79 Å². The number of carbonyl (C=O) groups is 1. The van der Waals surface area contributed by atoms with Crippen LogP contribution in [0.1, 0.15) is 0 Å². The molecule has 0 spiro atoms. The Kier molecular flexibility index (Phi) is 3.02. The molecule has 2 aliphatic rings. The first-order valence-electron chi connectivity index (χ1n) is 8.01. The van der Waals surface area contributed by atoms with E-state index in [-0.39, 0.29) is 11.8 Å². The van der Waals surface area contributed by atoms with Crippen LogP contribution in [-0.4, -0.2) is 16.8 Å². The van der Waals surface area contributed by atoms with Gasteiger partial charge in [-0.1, -0.05) is 42.5 Å². The number of H-pyrrole nitrogens is 1. The lowest BCUT2D eigenvalue weighted by Crippen LogP contribution is -2.24. The molecule has 1 aliphatic carbocycles. The van der Waals surface area contributed by atoms with Crippen LogP contribution in [0, 0.1) is 10.7 Å². The van der Waals surface area contributed by atoms with E-state index in [1.165, 1.54) is 10.8 Å². The van der Waals surface area contributed by atoms with Crippen LogP contribution in [0.5, 0.6) is 0 Å². The summed E-state index contributed by atoms with van der Waals surface area (Å²) in [5.74, 6) is -0.514. The Bertz CT molecular complexity index is 1400. The molecule has 1 amide bonds. The highest BCUT2D eigenvalue weighted by atomic mass is 35.5. The monoisotopic (exact) mass is 346 g/mol. The van der Waals surface area contributed by atoms with Crippen LogP contribution in [0.15, 0.2) is 65.8 Å². The highest BCUT2D eigenvalue weighted by Crippen LogP contribution is 2.30. The van der Waals surface area contributed by atoms with E-state index < -0.39 is 0 Å². The van der Waals surface area contributed by atoms with Crippen molar-refractivity contribution in [3.8, 4) is 0 Å². The van der Waals surface area contributed by atoms with Gasteiger partial charge < -0.3 is 4.98 Å². The summed E-state index contributed by atoms with van der Waals surface area (Å²) in [6, 6.07) is 20.2. The lowest BCUT2D eigenvalue weighted by molar-refractivity contribution is -0.523. The van der Waals surface area contributed by atoms with Gasteiger partial charge >= 0.3 is 5.91 Å². The summed E-state index contributed by atoms with van der Waals surface area (Å²) < 4.78 is 1.72. The Morgan fingerprint density at radius 1 is 1.00 bits per heavy atom. The van der Waals surface area contributed by atoms with E-state index in [4.69, 9.17) is 11.6 Å². The molecule has 0 saturated heterocycles. The molecule has 1 heterocycles. The number of nitrogens with one attached hydrogen (secondary N) is 1. The number of halogens is 1. The van der Waals surface area contributed by atoms with Gasteiger partial charge in [-0.2, -0.15) is 0 Å². The second-order valence-electron chi connectivity index (χ2n) is 6.01. The predicted molar refractivity (Wildman–Crippen MR) is 98.0 cm³/mol. The van der Waals surface area contributed by atoms with Crippen molar-refractivity contribution in [2.24, 2.45) is 5.11 Å². The quantitative estimate of drug-likeness (QED) is 0.362. The summed E-state index contributed by atoms with van der Waals surface area (Å²) in [5, 5.41) is 10.7. The molecule has 4 nitrogen and oxygen atoms in total. The number of hydrogen-bond donors (Lipinski definition) is 1. The van der Waals surface area contributed by atoms with E-state index in [0.29, 0.717) is 0 Å². The smallest absolute Gasteiger partial charge is 0.323 e. The summed E-state index contributed by atoms with van der Waals surface area (Å²) in [7, 11) is 0. The Morgan fingerprint density at radius 2 is 1.76 bits per heavy atom. The number of hydrogen-bond acceptors (Lipinski definition) is 1. The fourth-order valence-electron chi connectivity index (χ4n) is 3.62. The minimum Gasteiger partial charge on any atom is -0.344 e. The molecular weight excluding hydrogens is 334 g/mol. The molecule has 0 unspecified atom stereocenters. The van der Waals surface area contributed by atoms with Crippen molar-refractivity contribution in [2.45, 2.75) is 0 Å². The van der Waals surface area contributed by atoms with Crippen LogP contribution in [0.2, 0.25) is 0 Å². The number of amides is 1. The number of benzene rings is 3. The number of nitrogens with zero attached hydrogens (tertiary/aromatic N) is 2. The van der Waals surface area contributed by atoms with E-state index in [1.807, 2.05) is 36.4 Å². The zero-order valence-corrected chi connectivity index (χ0v) is 13.9. The van der Waals surface area contributed by atoms with Crippen molar-refractivity contribution >= 4 is 50.1 Å². The van der Waals surface area contributed by atoms with Gasteiger partial charge in [-0.15, -0.1) is 11.6 Å². The molecule has 0 radical (unpaired) electrons. The van der Waals surface area contributed by atoms with Gasteiger partial charge in [0.1, 0.15) is 16.7 Å². The maximum atomic E-state index is 12.0. The molecule has 120 valence electrons. The van der Waals surface area contributed by atoms with Gasteiger partial charge in [0.2, 0.25) is 0 Å². The standard InChI is InChI=1S/C20H12ClN3O/c21-11-17(25)23-24-16-10-2-1-9-15(16)22-19-13-7-3-5-12-6-4-8-14(18(12)13)20(19)24/h1-10H,11H2/p+1. The third-order valence-electron chi connectivity index (χ3n) is 4.60. The first kappa shape index (κ1) is 14.4. The van der Waals surface area contributed by atoms with Gasteiger partial charge in [-0.05, 0) is 21.9 Å². The van der Waals surface area contributed by atoms with Crippen molar-refractivity contribution in [3.63, 3.8) is 0 Å². The average Bonchev–Trinajstić information content (AvgIpc) is 2.97. The summed E-state index contributed by atoms with van der Waals surface area (Å²) >= 11 is 5.71. The van der Waals surface area contributed by atoms with Crippen molar-refractivity contribution in [1.82, 2.24) is 4.98 Å². The maximum Gasteiger partial charge on any atom is 0.323 e. The molecule has 0 saturated carbocycles. The molecule has 25 heavy (non-hydrogen) atoms. The summed E-state index contributed by atoms with van der Waals surface area (Å²) in [5.41, 5.74) is 1.75. The normalized spacial score (nSPS) is 12.8. The van der Waals surface area contributed by atoms with Gasteiger partial charge in [0, 0.05) is 22.0 Å². The topological polar surface area (TPSA) is 51.1 Å². The van der Waals surface area contributed by atoms with Gasteiger partial charge in [0.25, 0.3) is 10.9 Å². The number of aromatic nitrogens is 2. The molecule has 1 aliphatic heterocycles. The van der Waals surface area contributed by atoms with Crippen molar-refractivity contribution in [3.05, 3.63) is 71.4 Å². The number of carbonyl (C=O) groups excluding carboxylic acids is 1. The Balaban J connectivity index is 2.21. The molecule has 5 rings (SSSR count). The fourth-order valence-corrected chi connectivity index (χ4v) is 3.67. The fraction of sp³-hybridized carbons (Fsp3) is 0.0500. The molecular formula is C20H13ClN3O+. The molecule has 0 aromatic heterocycles.